The molecule has 4 aromatic rings. The lowest BCUT2D eigenvalue weighted by molar-refractivity contribution is 0.0950. The van der Waals surface area contributed by atoms with Crippen molar-refractivity contribution in [2.24, 2.45) is 0 Å². The molecule has 0 fully saturated rings. The molecule has 0 atom stereocenters. The third kappa shape index (κ3) is 4.11. The lowest BCUT2D eigenvalue weighted by Gasteiger charge is -2.13. The molecule has 29 heavy (non-hydrogen) atoms. The average Bonchev–Trinajstić information content (AvgIpc) is 3.25. The second kappa shape index (κ2) is 8.14. The number of carbonyl (C=O) groups is 1. The first kappa shape index (κ1) is 18.7. The molecule has 6 heteroatoms. The normalized spacial score (nSPS) is 10.8. The number of aromatic nitrogens is 3. The molecule has 0 bridgehead atoms. The third-order valence-corrected chi connectivity index (χ3v) is 4.93. The van der Waals surface area contributed by atoms with E-state index < -0.39 is 0 Å². The number of ether oxygens (including phenoxy) is 1. The minimum Gasteiger partial charge on any atom is -0.497 e. The summed E-state index contributed by atoms with van der Waals surface area (Å²) in [5.74, 6) is 0.597. The Kier molecular flexibility index (Phi) is 5.24. The number of aryl methyl sites for hydroxylation is 1. The molecule has 0 spiro atoms. The Hall–Kier alpha value is -3.67. The number of nitrogens with one attached hydrogen (secondary N) is 1. The molecule has 2 heterocycles. The summed E-state index contributed by atoms with van der Waals surface area (Å²) in [7, 11) is 1.62. The van der Waals surface area contributed by atoms with Crippen LogP contribution in [0.3, 0.4) is 0 Å². The highest BCUT2D eigenvalue weighted by Crippen LogP contribution is 2.22. The zero-order chi connectivity index (χ0) is 20.2. The van der Waals surface area contributed by atoms with Crippen molar-refractivity contribution >= 4 is 16.8 Å². The van der Waals surface area contributed by atoms with Gasteiger partial charge in [-0.1, -0.05) is 24.3 Å². The number of pyridine rings is 1. The van der Waals surface area contributed by atoms with Gasteiger partial charge in [-0.2, -0.15) is 0 Å². The van der Waals surface area contributed by atoms with E-state index in [2.05, 4.69) is 21.4 Å². The van der Waals surface area contributed by atoms with E-state index in [9.17, 15) is 4.79 Å². The fourth-order valence-corrected chi connectivity index (χ4v) is 3.34. The van der Waals surface area contributed by atoms with E-state index in [0.717, 1.165) is 27.8 Å². The number of hydrogen-bond donors (Lipinski definition) is 1. The predicted molar refractivity (Wildman–Crippen MR) is 112 cm³/mol. The van der Waals surface area contributed by atoms with E-state index in [1.54, 1.807) is 19.6 Å². The first-order valence-corrected chi connectivity index (χ1v) is 9.40. The van der Waals surface area contributed by atoms with Gasteiger partial charge in [0.25, 0.3) is 5.91 Å². The Bertz CT molecular complexity index is 1150. The van der Waals surface area contributed by atoms with Crippen molar-refractivity contribution in [3.05, 3.63) is 89.6 Å². The van der Waals surface area contributed by atoms with Gasteiger partial charge in [-0.3, -0.25) is 9.78 Å². The topological polar surface area (TPSA) is 69.0 Å². The molecule has 1 amide bonds. The Morgan fingerprint density at radius 3 is 2.72 bits per heavy atom. The van der Waals surface area contributed by atoms with Gasteiger partial charge in [0.2, 0.25) is 0 Å². The molecule has 4 rings (SSSR count). The zero-order valence-corrected chi connectivity index (χ0v) is 16.4. The molecule has 0 unspecified atom stereocenters. The first-order chi connectivity index (χ1) is 14.1. The van der Waals surface area contributed by atoms with E-state index in [1.165, 1.54) is 0 Å². The van der Waals surface area contributed by atoms with Crippen molar-refractivity contribution in [2.75, 3.05) is 7.11 Å². The van der Waals surface area contributed by atoms with Crippen LogP contribution in [-0.4, -0.2) is 27.6 Å². The van der Waals surface area contributed by atoms with Crippen LogP contribution < -0.4 is 10.1 Å². The van der Waals surface area contributed by atoms with Gasteiger partial charge in [0.15, 0.2) is 0 Å². The van der Waals surface area contributed by atoms with E-state index in [-0.39, 0.29) is 5.91 Å². The smallest absolute Gasteiger partial charge is 0.253 e. The number of fused-ring (bicyclic) bond motifs is 1. The maximum absolute atomic E-state index is 12.9. The maximum Gasteiger partial charge on any atom is 0.253 e. The fourth-order valence-electron chi connectivity index (χ4n) is 3.34. The number of nitrogens with zero attached hydrogens (tertiary/aromatic N) is 3. The molecular formula is C23H22N4O2. The van der Waals surface area contributed by atoms with Gasteiger partial charge in [0.1, 0.15) is 5.75 Å². The van der Waals surface area contributed by atoms with Gasteiger partial charge in [-0.25, -0.2) is 4.98 Å². The zero-order valence-electron chi connectivity index (χ0n) is 16.4. The summed E-state index contributed by atoms with van der Waals surface area (Å²) in [5, 5.41) is 3.91. The third-order valence-electron chi connectivity index (χ3n) is 4.93. The second-order valence-electron chi connectivity index (χ2n) is 6.87. The summed E-state index contributed by atoms with van der Waals surface area (Å²) in [5.41, 5.74) is 4.32. The van der Waals surface area contributed by atoms with Crippen LogP contribution in [0.15, 0.2) is 67.3 Å². The monoisotopic (exact) mass is 386 g/mol. The van der Waals surface area contributed by atoms with E-state index in [1.807, 2.05) is 60.2 Å². The molecule has 0 aliphatic carbocycles. The molecular weight excluding hydrogens is 364 g/mol. The Labute approximate surface area is 169 Å². The molecule has 0 saturated heterocycles. The van der Waals surface area contributed by atoms with E-state index in [4.69, 9.17) is 4.74 Å². The molecule has 146 valence electrons. The van der Waals surface area contributed by atoms with E-state index in [0.29, 0.717) is 24.3 Å². The van der Waals surface area contributed by atoms with Crippen LogP contribution >= 0.6 is 0 Å². The molecule has 2 aromatic carbocycles. The summed E-state index contributed by atoms with van der Waals surface area (Å²) in [4.78, 5) is 21.5. The summed E-state index contributed by atoms with van der Waals surface area (Å²) in [6.07, 6.45) is 5.47. The quantitative estimate of drug-likeness (QED) is 0.548. The highest BCUT2D eigenvalue weighted by atomic mass is 16.5. The fraction of sp³-hybridized carbons (Fsp3) is 0.174. The van der Waals surface area contributed by atoms with Crippen molar-refractivity contribution < 1.29 is 9.53 Å². The van der Waals surface area contributed by atoms with Crippen LogP contribution in [0.25, 0.3) is 10.9 Å². The van der Waals surface area contributed by atoms with Crippen LogP contribution in [0.4, 0.5) is 0 Å². The SMILES string of the molecule is COc1ccc2nc(C)c(C(=O)NCc3ccccc3Cn3ccnc3)cc2c1. The van der Waals surface area contributed by atoms with Gasteiger partial charge in [-0.15, -0.1) is 0 Å². The molecule has 6 nitrogen and oxygen atoms in total. The molecule has 0 radical (unpaired) electrons. The standard InChI is InChI=1S/C23H22N4O2/c1-16-21(12-19-11-20(29-2)7-8-22(19)26-16)23(28)25-13-17-5-3-4-6-18(17)14-27-10-9-24-15-27/h3-12,15H,13-14H2,1-2H3,(H,25,28). The largest absolute Gasteiger partial charge is 0.497 e. The highest BCUT2D eigenvalue weighted by Gasteiger charge is 2.13. The summed E-state index contributed by atoms with van der Waals surface area (Å²) in [6, 6.07) is 15.6. The van der Waals surface area contributed by atoms with Gasteiger partial charge < -0.3 is 14.6 Å². The molecule has 0 aliphatic rings. The minimum atomic E-state index is -0.142. The number of amides is 1. The molecule has 1 N–H and O–H groups in total. The van der Waals surface area contributed by atoms with Gasteiger partial charge in [0.05, 0.1) is 30.2 Å². The number of methoxy groups -OCH3 is 1. The van der Waals surface area contributed by atoms with Crippen LogP contribution in [0, 0.1) is 6.92 Å². The van der Waals surface area contributed by atoms with Crippen LogP contribution in [-0.2, 0) is 13.1 Å². The highest BCUT2D eigenvalue weighted by molar-refractivity contribution is 5.98. The molecule has 0 saturated carbocycles. The van der Waals surface area contributed by atoms with Crippen molar-refractivity contribution in [1.29, 1.82) is 0 Å². The van der Waals surface area contributed by atoms with Gasteiger partial charge in [0, 0.05) is 30.9 Å². The predicted octanol–water partition coefficient (Wildman–Crippen LogP) is 3.73. The number of hydrogen-bond acceptors (Lipinski definition) is 4. The van der Waals surface area contributed by atoms with Crippen molar-refractivity contribution in [2.45, 2.75) is 20.0 Å². The lowest BCUT2D eigenvalue weighted by Crippen LogP contribution is -2.24. The average molecular weight is 386 g/mol. The van der Waals surface area contributed by atoms with Crippen molar-refractivity contribution in [3.8, 4) is 5.75 Å². The molecule has 0 aliphatic heterocycles. The summed E-state index contributed by atoms with van der Waals surface area (Å²) < 4.78 is 7.28. The summed E-state index contributed by atoms with van der Waals surface area (Å²) >= 11 is 0. The minimum absolute atomic E-state index is 0.142. The van der Waals surface area contributed by atoms with Crippen LogP contribution in [0.1, 0.15) is 27.2 Å². The summed E-state index contributed by atoms with van der Waals surface area (Å²) in [6.45, 7) is 3.01. The Morgan fingerprint density at radius 2 is 1.97 bits per heavy atom. The molecule has 2 aromatic heterocycles. The maximum atomic E-state index is 12.9. The number of rotatable bonds is 6. The van der Waals surface area contributed by atoms with Crippen molar-refractivity contribution in [1.82, 2.24) is 19.9 Å². The van der Waals surface area contributed by atoms with Crippen molar-refractivity contribution in [3.63, 3.8) is 0 Å². The Morgan fingerprint density at radius 1 is 1.14 bits per heavy atom. The van der Waals surface area contributed by atoms with Gasteiger partial charge in [-0.05, 0) is 42.3 Å². The first-order valence-electron chi connectivity index (χ1n) is 9.40. The lowest BCUT2D eigenvalue weighted by atomic mass is 10.1. The number of imidazole rings is 1. The van der Waals surface area contributed by atoms with Crippen LogP contribution in [0.5, 0.6) is 5.75 Å². The van der Waals surface area contributed by atoms with Crippen LogP contribution in [0.2, 0.25) is 0 Å². The number of benzene rings is 2. The second-order valence-corrected chi connectivity index (χ2v) is 6.87. The Balaban J connectivity index is 1.54. The van der Waals surface area contributed by atoms with Gasteiger partial charge >= 0.3 is 0 Å². The number of carbonyl (C=O) groups excluding carboxylic acids is 1. The van der Waals surface area contributed by atoms with E-state index >= 15 is 0 Å².